The molecule has 1 unspecified atom stereocenters. The van der Waals surface area contributed by atoms with Gasteiger partial charge in [0.05, 0.1) is 11.9 Å². The summed E-state index contributed by atoms with van der Waals surface area (Å²) in [5.74, 6) is 0.0975. The Morgan fingerprint density at radius 2 is 1.93 bits per heavy atom. The van der Waals surface area contributed by atoms with E-state index in [1.54, 1.807) is 12.1 Å². The van der Waals surface area contributed by atoms with Crippen molar-refractivity contribution in [3.05, 3.63) is 29.8 Å². The van der Waals surface area contributed by atoms with E-state index < -0.39 is 10.0 Å². The zero-order valence-corrected chi connectivity index (χ0v) is 19.2. The first-order chi connectivity index (χ1) is 13.7. The molecule has 0 spiro atoms. The van der Waals surface area contributed by atoms with Gasteiger partial charge in [0, 0.05) is 19.1 Å². The van der Waals surface area contributed by atoms with E-state index in [2.05, 4.69) is 31.0 Å². The molecule has 1 aromatic rings. The molecule has 0 radical (unpaired) electrons. The second-order valence-corrected chi connectivity index (χ2v) is 10.2. The molecule has 1 heterocycles. The predicted molar refractivity (Wildman–Crippen MR) is 120 cm³/mol. The molecule has 1 N–H and O–H groups in total. The van der Waals surface area contributed by atoms with Gasteiger partial charge >= 0.3 is 0 Å². The van der Waals surface area contributed by atoms with Gasteiger partial charge in [0.1, 0.15) is 6.54 Å². The van der Waals surface area contributed by atoms with Crippen LogP contribution in [0.4, 0.5) is 5.69 Å². The van der Waals surface area contributed by atoms with Crippen molar-refractivity contribution in [3.63, 3.8) is 0 Å². The Balaban J connectivity index is 1.87. The Bertz CT molecular complexity index is 747. The van der Waals surface area contributed by atoms with E-state index in [0.29, 0.717) is 24.2 Å². The third-order valence-corrected chi connectivity index (χ3v) is 6.84. The normalized spacial score (nSPS) is 18.0. The van der Waals surface area contributed by atoms with E-state index >= 15 is 0 Å². The van der Waals surface area contributed by atoms with E-state index in [0.717, 1.165) is 31.3 Å². The van der Waals surface area contributed by atoms with Gasteiger partial charge in [0.15, 0.2) is 0 Å². The fourth-order valence-electron chi connectivity index (χ4n) is 3.94. The fourth-order valence-corrected chi connectivity index (χ4v) is 4.79. The monoisotopic (exact) mass is 423 g/mol. The minimum absolute atomic E-state index is 0.193. The van der Waals surface area contributed by atoms with Crippen molar-refractivity contribution in [1.29, 1.82) is 0 Å². The number of sulfonamides is 1. The zero-order chi connectivity index (χ0) is 21.4. The number of hydrogen-bond acceptors (Lipinski definition) is 4. The van der Waals surface area contributed by atoms with Crippen LogP contribution < -0.4 is 9.62 Å². The largest absolute Gasteiger partial charge is 0.354 e. The first-order valence-electron chi connectivity index (χ1n) is 10.8. The Hall–Kier alpha value is -1.60. The molecule has 0 bridgehead atoms. The molecular formula is C22H37N3O3S. The van der Waals surface area contributed by atoms with Gasteiger partial charge in [0.2, 0.25) is 15.9 Å². The highest BCUT2D eigenvalue weighted by Crippen LogP contribution is 2.22. The van der Waals surface area contributed by atoms with E-state index in [1.807, 2.05) is 12.1 Å². The van der Waals surface area contributed by atoms with Crippen LogP contribution in [0.15, 0.2) is 24.3 Å². The van der Waals surface area contributed by atoms with Gasteiger partial charge in [-0.15, -0.1) is 0 Å². The summed E-state index contributed by atoms with van der Waals surface area (Å²) in [6, 6.07) is 8.03. The lowest BCUT2D eigenvalue weighted by Crippen LogP contribution is -2.42. The number of nitrogens with one attached hydrogen (secondary N) is 1. The van der Waals surface area contributed by atoms with E-state index in [9.17, 15) is 13.2 Å². The zero-order valence-electron chi connectivity index (χ0n) is 18.4. The first kappa shape index (κ1) is 23.7. The molecule has 7 heteroatoms. The maximum atomic E-state index is 12.4. The summed E-state index contributed by atoms with van der Waals surface area (Å²) in [6.45, 7) is 8.90. The molecule has 164 valence electrons. The minimum atomic E-state index is -3.54. The summed E-state index contributed by atoms with van der Waals surface area (Å²) in [4.78, 5) is 14.9. The van der Waals surface area contributed by atoms with Crippen LogP contribution in [0, 0.1) is 0 Å². The molecule has 1 aliphatic rings. The van der Waals surface area contributed by atoms with Gasteiger partial charge in [-0.2, -0.15) is 0 Å². The number of anilines is 1. The highest BCUT2D eigenvalue weighted by atomic mass is 32.2. The lowest BCUT2D eigenvalue weighted by molar-refractivity contribution is -0.119. The number of likely N-dealkylation sites (tertiary alicyclic amines) is 1. The first-order valence-corrected chi connectivity index (χ1v) is 12.7. The average molecular weight is 424 g/mol. The topological polar surface area (TPSA) is 69.7 Å². The van der Waals surface area contributed by atoms with Crippen molar-refractivity contribution in [2.24, 2.45) is 0 Å². The summed E-state index contributed by atoms with van der Waals surface area (Å²) < 4.78 is 25.6. The highest BCUT2D eigenvalue weighted by molar-refractivity contribution is 7.92. The van der Waals surface area contributed by atoms with Crippen molar-refractivity contribution in [2.45, 2.75) is 64.8 Å². The average Bonchev–Trinajstić information content (AvgIpc) is 2.69. The Labute approximate surface area is 176 Å². The molecule has 1 aliphatic heterocycles. The third-order valence-electron chi connectivity index (χ3n) is 5.70. The van der Waals surface area contributed by atoms with Crippen molar-refractivity contribution in [3.8, 4) is 0 Å². The van der Waals surface area contributed by atoms with Crippen molar-refractivity contribution in [1.82, 2.24) is 10.2 Å². The van der Waals surface area contributed by atoms with E-state index in [-0.39, 0.29) is 12.5 Å². The number of piperidine rings is 1. The maximum absolute atomic E-state index is 12.4. The fraction of sp³-hybridized carbons (Fsp3) is 0.682. The van der Waals surface area contributed by atoms with Gasteiger partial charge < -0.3 is 10.2 Å². The number of rotatable bonds is 10. The summed E-state index contributed by atoms with van der Waals surface area (Å²) in [7, 11) is -3.54. The molecule has 1 aromatic carbocycles. The van der Waals surface area contributed by atoms with E-state index in [1.165, 1.54) is 30.0 Å². The molecule has 1 fully saturated rings. The number of benzene rings is 1. The van der Waals surface area contributed by atoms with Gasteiger partial charge in [-0.25, -0.2) is 8.42 Å². The van der Waals surface area contributed by atoms with Gasteiger partial charge in [-0.05, 0) is 55.8 Å². The van der Waals surface area contributed by atoms with Crippen LogP contribution in [-0.4, -0.2) is 57.7 Å². The predicted octanol–water partition coefficient (Wildman–Crippen LogP) is 3.35. The summed E-state index contributed by atoms with van der Waals surface area (Å²) >= 11 is 0. The van der Waals surface area contributed by atoms with Crippen LogP contribution in [-0.2, 0) is 14.8 Å². The van der Waals surface area contributed by atoms with Crippen LogP contribution >= 0.6 is 0 Å². The molecule has 6 nitrogen and oxygen atoms in total. The number of amides is 1. The minimum Gasteiger partial charge on any atom is -0.354 e. The number of carbonyl (C=O) groups excluding carboxylic acids is 1. The summed E-state index contributed by atoms with van der Waals surface area (Å²) in [6.07, 6.45) is 7.02. The number of carbonyl (C=O) groups is 1. The highest BCUT2D eigenvalue weighted by Gasteiger charge is 2.22. The molecule has 0 aliphatic carbocycles. The quantitative estimate of drug-likeness (QED) is 0.586. The molecular weight excluding hydrogens is 386 g/mol. The smallest absolute Gasteiger partial charge is 0.240 e. The second kappa shape index (κ2) is 11.0. The Morgan fingerprint density at radius 1 is 1.24 bits per heavy atom. The van der Waals surface area contributed by atoms with Gasteiger partial charge in [0.25, 0.3) is 0 Å². The third kappa shape index (κ3) is 7.30. The van der Waals surface area contributed by atoms with Crippen LogP contribution in [0.1, 0.15) is 64.4 Å². The molecule has 2 rings (SSSR count). The van der Waals surface area contributed by atoms with Crippen LogP contribution in [0.25, 0.3) is 0 Å². The molecule has 1 amide bonds. The molecule has 1 atom stereocenters. The maximum Gasteiger partial charge on any atom is 0.240 e. The molecule has 0 aromatic heterocycles. The molecule has 0 saturated carbocycles. The van der Waals surface area contributed by atoms with Crippen molar-refractivity contribution in [2.75, 3.05) is 36.7 Å². The Morgan fingerprint density at radius 3 is 2.52 bits per heavy atom. The SMILES string of the molecule is CCC1CCCCN1CCCNC(=O)CN(c1ccc(C(C)C)cc1)S(C)(=O)=O. The van der Waals surface area contributed by atoms with Crippen molar-refractivity contribution < 1.29 is 13.2 Å². The van der Waals surface area contributed by atoms with Gasteiger partial charge in [-0.1, -0.05) is 39.3 Å². The van der Waals surface area contributed by atoms with Crippen LogP contribution in [0.5, 0.6) is 0 Å². The number of hydrogen-bond donors (Lipinski definition) is 1. The lowest BCUT2D eigenvalue weighted by atomic mass is 10.00. The Kier molecular flexibility index (Phi) is 8.96. The lowest BCUT2D eigenvalue weighted by Gasteiger charge is -2.35. The van der Waals surface area contributed by atoms with Crippen molar-refractivity contribution >= 4 is 21.6 Å². The summed E-state index contributed by atoms with van der Waals surface area (Å²) in [5, 5.41) is 2.89. The molecule has 1 saturated heterocycles. The van der Waals surface area contributed by atoms with Crippen LogP contribution in [0.3, 0.4) is 0 Å². The standard InChI is InChI=1S/C22H37N3O3S/c1-5-20-9-6-7-15-24(20)16-8-14-23-22(26)17-25(29(4,27)28)21-12-10-19(11-13-21)18(2)3/h10-13,18,20H,5-9,14-17H2,1-4H3,(H,23,26). The summed E-state index contributed by atoms with van der Waals surface area (Å²) in [5.41, 5.74) is 1.65. The van der Waals surface area contributed by atoms with Gasteiger partial charge in [-0.3, -0.25) is 9.10 Å². The van der Waals surface area contributed by atoms with E-state index in [4.69, 9.17) is 0 Å². The second-order valence-electron chi connectivity index (χ2n) is 8.31. The molecule has 29 heavy (non-hydrogen) atoms. The van der Waals surface area contributed by atoms with Crippen LogP contribution in [0.2, 0.25) is 0 Å². The number of nitrogens with zero attached hydrogens (tertiary/aromatic N) is 2.